The predicted octanol–water partition coefficient (Wildman–Crippen LogP) is 13.1. The molecule has 0 heterocycles. The van der Waals surface area contributed by atoms with Crippen LogP contribution >= 0.6 is 0 Å². The molecule has 0 aliphatic carbocycles. The minimum absolute atomic E-state index is 0.0178. The highest BCUT2D eigenvalue weighted by Crippen LogP contribution is 2.19. The van der Waals surface area contributed by atoms with Gasteiger partial charge in [0, 0.05) is 25.4 Å². The summed E-state index contributed by atoms with van der Waals surface area (Å²) in [6.45, 7) is 11.6. The van der Waals surface area contributed by atoms with E-state index >= 15 is 0 Å². The van der Waals surface area contributed by atoms with E-state index < -0.39 is 0 Å². The van der Waals surface area contributed by atoms with Crippen LogP contribution in [0.15, 0.2) is 0 Å². The van der Waals surface area contributed by atoms with Crippen molar-refractivity contribution in [3.8, 4) is 0 Å². The molecule has 304 valence electrons. The van der Waals surface area contributed by atoms with Crippen LogP contribution in [0.25, 0.3) is 0 Å². The lowest BCUT2D eigenvalue weighted by Crippen LogP contribution is -2.36. The number of nitrogens with zero attached hydrogens (tertiary/aromatic N) is 1. The number of ether oxygens (including phenoxy) is 2. The lowest BCUT2D eigenvalue weighted by Gasteiger charge is -2.28. The van der Waals surface area contributed by atoms with Crippen LogP contribution in [-0.2, 0) is 19.1 Å². The first-order valence-corrected chi connectivity index (χ1v) is 22.7. The molecule has 6 heteroatoms. The van der Waals surface area contributed by atoms with E-state index in [9.17, 15) is 14.7 Å². The molecule has 51 heavy (non-hydrogen) atoms. The Morgan fingerprint density at radius 2 is 0.902 bits per heavy atom. The molecule has 1 N–H and O–H groups in total. The molecule has 0 aliphatic heterocycles. The molecule has 0 spiro atoms. The van der Waals surface area contributed by atoms with Crippen molar-refractivity contribution in [2.75, 3.05) is 26.3 Å². The van der Waals surface area contributed by atoms with Gasteiger partial charge in [-0.15, -0.1) is 0 Å². The van der Waals surface area contributed by atoms with Gasteiger partial charge in [0.2, 0.25) is 0 Å². The molecule has 6 nitrogen and oxygen atoms in total. The van der Waals surface area contributed by atoms with Crippen molar-refractivity contribution >= 4 is 11.9 Å². The second-order valence-corrected chi connectivity index (χ2v) is 15.6. The summed E-state index contributed by atoms with van der Waals surface area (Å²) < 4.78 is 11.4. The van der Waals surface area contributed by atoms with Gasteiger partial charge in [-0.3, -0.25) is 14.5 Å². The molecule has 0 bridgehead atoms. The summed E-state index contributed by atoms with van der Waals surface area (Å²) in [5.41, 5.74) is 0. The fraction of sp³-hybridized carbons (Fsp3) is 0.956. The number of rotatable bonds is 41. The summed E-state index contributed by atoms with van der Waals surface area (Å²) in [6, 6.07) is 0.494. The number of hydrogen-bond donors (Lipinski definition) is 1. The normalized spacial score (nSPS) is 12.2. The van der Waals surface area contributed by atoms with E-state index in [2.05, 4.69) is 32.6 Å². The number of carbonyl (C=O) groups is 2. The molecular weight excluding hydrogens is 634 g/mol. The Kier molecular flexibility index (Phi) is 39.2. The smallest absolute Gasteiger partial charge is 0.306 e. The minimum Gasteiger partial charge on any atom is -0.466 e. The van der Waals surface area contributed by atoms with Crippen LogP contribution in [0.2, 0.25) is 0 Å². The van der Waals surface area contributed by atoms with E-state index in [1.54, 1.807) is 0 Å². The van der Waals surface area contributed by atoms with Crippen molar-refractivity contribution in [3.63, 3.8) is 0 Å². The number of aliphatic hydroxyl groups is 1. The molecule has 0 fully saturated rings. The molecule has 0 aliphatic rings. The molecule has 0 aromatic rings. The van der Waals surface area contributed by atoms with Crippen molar-refractivity contribution in [1.82, 2.24) is 4.90 Å². The second-order valence-electron chi connectivity index (χ2n) is 15.6. The third kappa shape index (κ3) is 35.6. The summed E-state index contributed by atoms with van der Waals surface area (Å²) in [4.78, 5) is 27.0. The van der Waals surface area contributed by atoms with Crippen molar-refractivity contribution in [2.45, 2.75) is 252 Å². The molecule has 0 aromatic carbocycles. The van der Waals surface area contributed by atoms with Gasteiger partial charge < -0.3 is 14.6 Å². The number of hydrogen-bond acceptors (Lipinski definition) is 6. The first-order chi connectivity index (χ1) is 25.0. The van der Waals surface area contributed by atoms with Crippen molar-refractivity contribution in [1.29, 1.82) is 0 Å². The fourth-order valence-electron chi connectivity index (χ4n) is 7.17. The third-order valence-electron chi connectivity index (χ3n) is 10.7. The number of carbonyl (C=O) groups excluding carboxylic acids is 2. The molecule has 1 unspecified atom stereocenters. The van der Waals surface area contributed by atoms with E-state index in [4.69, 9.17) is 9.47 Å². The number of esters is 2. The van der Waals surface area contributed by atoms with E-state index in [0.29, 0.717) is 25.5 Å². The molecule has 0 radical (unpaired) electrons. The standard InChI is InChI=1S/C45H89NO5/c1-5-8-11-14-21-27-34-43(35-28-22-15-12-9-6-2)51-45(49)37-30-23-18-24-31-38-46(39-40-47)42(4)33-26-20-16-17-25-32-41-50-44(48)36-29-19-13-10-7-3/h42-43,47H,5-41H2,1-4H3. The average molecular weight is 724 g/mol. The van der Waals surface area contributed by atoms with Gasteiger partial charge in [-0.2, -0.15) is 0 Å². The Bertz CT molecular complexity index is 715. The largest absolute Gasteiger partial charge is 0.466 e. The number of aliphatic hydroxyl groups excluding tert-OH is 1. The van der Waals surface area contributed by atoms with Crippen LogP contribution in [0.3, 0.4) is 0 Å². The summed E-state index contributed by atoms with van der Waals surface area (Å²) in [6.07, 6.45) is 38.3. The quantitative estimate of drug-likeness (QED) is 0.0500. The van der Waals surface area contributed by atoms with Gasteiger partial charge >= 0.3 is 11.9 Å². The first kappa shape index (κ1) is 49.9. The molecule has 0 amide bonds. The first-order valence-electron chi connectivity index (χ1n) is 22.7. The van der Waals surface area contributed by atoms with Crippen molar-refractivity contribution in [3.05, 3.63) is 0 Å². The summed E-state index contributed by atoms with van der Waals surface area (Å²) >= 11 is 0. The summed E-state index contributed by atoms with van der Waals surface area (Å²) in [5.74, 6) is -0.00446. The Labute approximate surface area is 318 Å². The Morgan fingerprint density at radius 1 is 0.490 bits per heavy atom. The lowest BCUT2D eigenvalue weighted by molar-refractivity contribution is -0.150. The van der Waals surface area contributed by atoms with Crippen molar-refractivity contribution < 1.29 is 24.2 Å². The Hall–Kier alpha value is -1.14. The fourth-order valence-corrected chi connectivity index (χ4v) is 7.17. The van der Waals surface area contributed by atoms with Gasteiger partial charge in [0.1, 0.15) is 6.10 Å². The molecule has 0 aromatic heterocycles. The summed E-state index contributed by atoms with van der Waals surface area (Å²) in [7, 11) is 0. The van der Waals surface area contributed by atoms with E-state index in [0.717, 1.165) is 77.3 Å². The molecular formula is C45H89NO5. The third-order valence-corrected chi connectivity index (χ3v) is 10.7. The topological polar surface area (TPSA) is 76.1 Å². The van der Waals surface area contributed by atoms with Crippen LogP contribution in [0.5, 0.6) is 0 Å². The maximum atomic E-state index is 12.7. The predicted molar refractivity (Wildman–Crippen MR) is 218 cm³/mol. The lowest BCUT2D eigenvalue weighted by atomic mass is 10.0. The van der Waals surface area contributed by atoms with Gasteiger partial charge in [-0.1, -0.05) is 162 Å². The van der Waals surface area contributed by atoms with Gasteiger partial charge in [-0.25, -0.2) is 0 Å². The second kappa shape index (κ2) is 40.1. The molecule has 1 atom stereocenters. The molecule has 0 saturated carbocycles. The van der Waals surface area contributed by atoms with E-state index in [-0.39, 0.29) is 24.6 Å². The van der Waals surface area contributed by atoms with E-state index in [1.165, 1.54) is 135 Å². The zero-order valence-electron chi connectivity index (χ0n) is 34.8. The number of unbranched alkanes of at least 4 members (excludes halogenated alkanes) is 23. The van der Waals surface area contributed by atoms with Crippen LogP contribution in [-0.4, -0.2) is 60.4 Å². The summed E-state index contributed by atoms with van der Waals surface area (Å²) in [5, 5.41) is 9.66. The van der Waals surface area contributed by atoms with Crippen LogP contribution in [0.4, 0.5) is 0 Å². The van der Waals surface area contributed by atoms with Crippen LogP contribution in [0.1, 0.15) is 240 Å². The van der Waals surface area contributed by atoms with E-state index in [1.807, 2.05) is 0 Å². The van der Waals surface area contributed by atoms with Gasteiger partial charge in [0.15, 0.2) is 0 Å². The maximum absolute atomic E-state index is 12.7. The van der Waals surface area contributed by atoms with Crippen molar-refractivity contribution in [2.24, 2.45) is 0 Å². The average Bonchev–Trinajstić information content (AvgIpc) is 3.12. The van der Waals surface area contributed by atoms with Gasteiger partial charge in [0.25, 0.3) is 0 Å². The monoisotopic (exact) mass is 724 g/mol. The molecule has 0 saturated heterocycles. The highest BCUT2D eigenvalue weighted by atomic mass is 16.5. The molecule has 0 rings (SSSR count). The van der Waals surface area contributed by atoms with Crippen LogP contribution in [0, 0.1) is 0 Å². The maximum Gasteiger partial charge on any atom is 0.306 e. The minimum atomic E-state index is -0.0223. The zero-order chi connectivity index (χ0) is 37.5. The van der Waals surface area contributed by atoms with Gasteiger partial charge in [0.05, 0.1) is 13.2 Å². The van der Waals surface area contributed by atoms with Crippen LogP contribution < -0.4 is 0 Å². The SMILES string of the molecule is CCCCCCCCC(CCCCCCCC)OC(=O)CCCCCCCN(CCO)C(C)CCCCCCCCOC(=O)CCCCCCC. The Morgan fingerprint density at radius 3 is 1.41 bits per heavy atom. The zero-order valence-corrected chi connectivity index (χ0v) is 34.8. The highest BCUT2D eigenvalue weighted by molar-refractivity contribution is 5.69. The highest BCUT2D eigenvalue weighted by Gasteiger charge is 2.15. The Balaban J connectivity index is 4.03. The van der Waals surface area contributed by atoms with Gasteiger partial charge in [-0.05, 0) is 71.3 Å².